The predicted octanol–water partition coefficient (Wildman–Crippen LogP) is -0.974. The summed E-state index contributed by atoms with van der Waals surface area (Å²) in [6, 6.07) is 1.97. The van der Waals surface area contributed by atoms with Gasteiger partial charge in [-0.3, -0.25) is 9.59 Å². The van der Waals surface area contributed by atoms with Gasteiger partial charge in [0.1, 0.15) is 6.54 Å². The molecule has 0 spiro atoms. The van der Waals surface area contributed by atoms with Gasteiger partial charge in [0.25, 0.3) is 5.56 Å². The van der Waals surface area contributed by atoms with Gasteiger partial charge in [0.05, 0.1) is 0 Å². The molecule has 0 aliphatic rings. The SMILES string of the molecule is O=C(O)Cn1nc(C(=O)O)ccc1=O. The van der Waals surface area contributed by atoms with Gasteiger partial charge in [0.15, 0.2) is 5.69 Å². The highest BCUT2D eigenvalue weighted by Gasteiger charge is 2.08. The highest BCUT2D eigenvalue weighted by Crippen LogP contribution is 1.89. The second kappa shape index (κ2) is 3.69. The van der Waals surface area contributed by atoms with Crippen molar-refractivity contribution >= 4 is 11.9 Å². The Hall–Kier alpha value is -2.18. The number of aliphatic carboxylic acids is 1. The van der Waals surface area contributed by atoms with Gasteiger partial charge in [0.2, 0.25) is 0 Å². The Morgan fingerprint density at radius 2 is 2.00 bits per heavy atom. The van der Waals surface area contributed by atoms with E-state index in [1.807, 2.05) is 0 Å². The Kier molecular flexibility index (Phi) is 2.61. The molecule has 0 atom stereocenters. The van der Waals surface area contributed by atoms with Crippen LogP contribution >= 0.6 is 0 Å². The molecule has 74 valence electrons. The lowest BCUT2D eigenvalue weighted by Gasteiger charge is -2.00. The summed E-state index contributed by atoms with van der Waals surface area (Å²) in [4.78, 5) is 31.7. The van der Waals surface area contributed by atoms with Crippen LogP contribution in [0.2, 0.25) is 0 Å². The fraction of sp³-hybridized carbons (Fsp3) is 0.143. The van der Waals surface area contributed by atoms with Gasteiger partial charge >= 0.3 is 11.9 Å². The summed E-state index contributed by atoms with van der Waals surface area (Å²) >= 11 is 0. The van der Waals surface area contributed by atoms with E-state index in [0.29, 0.717) is 4.68 Å². The largest absolute Gasteiger partial charge is 0.480 e. The van der Waals surface area contributed by atoms with Crippen LogP contribution in [0.25, 0.3) is 0 Å². The van der Waals surface area contributed by atoms with Crippen molar-refractivity contribution in [2.45, 2.75) is 6.54 Å². The van der Waals surface area contributed by atoms with E-state index in [2.05, 4.69) is 5.10 Å². The Balaban J connectivity index is 3.15. The van der Waals surface area contributed by atoms with Crippen LogP contribution in [0.3, 0.4) is 0 Å². The first-order valence-corrected chi connectivity index (χ1v) is 3.54. The molecule has 0 saturated heterocycles. The summed E-state index contributed by atoms with van der Waals surface area (Å²) in [7, 11) is 0. The van der Waals surface area contributed by atoms with Crippen molar-refractivity contribution in [2.75, 3.05) is 0 Å². The van der Waals surface area contributed by atoms with Crippen molar-refractivity contribution in [2.24, 2.45) is 0 Å². The molecule has 14 heavy (non-hydrogen) atoms. The van der Waals surface area contributed by atoms with Gasteiger partial charge < -0.3 is 10.2 Å². The zero-order valence-corrected chi connectivity index (χ0v) is 6.88. The van der Waals surface area contributed by atoms with Gasteiger partial charge in [0, 0.05) is 6.07 Å². The van der Waals surface area contributed by atoms with Crippen LogP contribution in [0.1, 0.15) is 10.5 Å². The third-order valence-corrected chi connectivity index (χ3v) is 1.37. The molecule has 0 aliphatic carbocycles. The molecule has 0 bridgehead atoms. The van der Waals surface area contributed by atoms with Crippen molar-refractivity contribution in [1.29, 1.82) is 0 Å². The minimum atomic E-state index is -1.32. The smallest absolute Gasteiger partial charge is 0.356 e. The first-order chi connectivity index (χ1) is 6.50. The quantitative estimate of drug-likeness (QED) is 0.646. The van der Waals surface area contributed by atoms with Crippen LogP contribution in [-0.4, -0.2) is 31.9 Å². The molecular weight excluding hydrogens is 192 g/mol. The second-order valence-electron chi connectivity index (χ2n) is 2.41. The maximum atomic E-state index is 11.0. The normalized spacial score (nSPS) is 9.71. The van der Waals surface area contributed by atoms with Gasteiger partial charge in [-0.05, 0) is 6.07 Å². The van der Waals surface area contributed by atoms with Crippen molar-refractivity contribution in [1.82, 2.24) is 9.78 Å². The Morgan fingerprint density at radius 1 is 1.36 bits per heavy atom. The van der Waals surface area contributed by atoms with Crippen molar-refractivity contribution in [3.8, 4) is 0 Å². The summed E-state index contributed by atoms with van der Waals surface area (Å²) in [5, 5.41) is 20.2. The molecule has 7 nitrogen and oxygen atoms in total. The number of nitrogens with zero attached hydrogens (tertiary/aromatic N) is 2. The van der Waals surface area contributed by atoms with E-state index in [4.69, 9.17) is 10.2 Å². The molecular formula is C7H6N2O5. The minimum Gasteiger partial charge on any atom is -0.480 e. The highest BCUT2D eigenvalue weighted by molar-refractivity contribution is 5.84. The molecule has 0 aliphatic heterocycles. The van der Waals surface area contributed by atoms with E-state index in [9.17, 15) is 14.4 Å². The Morgan fingerprint density at radius 3 is 2.50 bits per heavy atom. The number of carboxylic acid groups (broad SMARTS) is 2. The van der Waals surface area contributed by atoms with Crippen molar-refractivity contribution in [3.63, 3.8) is 0 Å². The third-order valence-electron chi connectivity index (χ3n) is 1.37. The maximum absolute atomic E-state index is 11.0. The van der Waals surface area contributed by atoms with Gasteiger partial charge in [-0.15, -0.1) is 0 Å². The second-order valence-corrected chi connectivity index (χ2v) is 2.41. The monoisotopic (exact) mass is 198 g/mol. The molecule has 1 aromatic rings. The summed E-state index contributed by atoms with van der Waals surface area (Å²) < 4.78 is 0.575. The molecule has 0 saturated carbocycles. The number of hydrogen-bond acceptors (Lipinski definition) is 4. The molecule has 2 N–H and O–H groups in total. The standard InChI is InChI=1S/C7H6N2O5/c10-5-2-1-4(7(13)14)8-9(5)3-6(11)12/h1-2H,3H2,(H,11,12)(H,13,14). The van der Waals surface area contributed by atoms with Crippen LogP contribution < -0.4 is 5.56 Å². The number of hydrogen-bond donors (Lipinski definition) is 2. The zero-order chi connectivity index (χ0) is 10.7. The van der Waals surface area contributed by atoms with Crippen LogP contribution in [0.4, 0.5) is 0 Å². The fourth-order valence-corrected chi connectivity index (χ4v) is 0.804. The van der Waals surface area contributed by atoms with E-state index in [0.717, 1.165) is 12.1 Å². The third kappa shape index (κ3) is 2.16. The number of aromatic nitrogens is 2. The first kappa shape index (κ1) is 9.90. The van der Waals surface area contributed by atoms with E-state index in [1.54, 1.807) is 0 Å². The van der Waals surface area contributed by atoms with Crippen molar-refractivity contribution < 1.29 is 19.8 Å². The number of carbonyl (C=O) groups is 2. The summed E-state index contributed by atoms with van der Waals surface area (Å²) in [5.74, 6) is -2.58. The van der Waals surface area contributed by atoms with Crippen LogP contribution in [0.15, 0.2) is 16.9 Å². The van der Waals surface area contributed by atoms with Crippen LogP contribution in [0.5, 0.6) is 0 Å². The van der Waals surface area contributed by atoms with Crippen molar-refractivity contribution in [3.05, 3.63) is 28.2 Å². The summed E-state index contributed by atoms with van der Waals surface area (Å²) in [6.07, 6.45) is 0. The lowest BCUT2D eigenvalue weighted by Crippen LogP contribution is -2.27. The molecule has 0 fully saturated rings. The molecule has 7 heteroatoms. The molecule has 0 radical (unpaired) electrons. The Labute approximate surface area is 77.2 Å². The first-order valence-electron chi connectivity index (χ1n) is 3.54. The topological polar surface area (TPSA) is 109 Å². The predicted molar refractivity (Wildman–Crippen MR) is 43.1 cm³/mol. The lowest BCUT2D eigenvalue weighted by atomic mass is 10.4. The van der Waals surface area contributed by atoms with E-state index < -0.39 is 24.0 Å². The number of aromatic carboxylic acids is 1. The average molecular weight is 198 g/mol. The zero-order valence-electron chi connectivity index (χ0n) is 6.88. The molecule has 0 aromatic carbocycles. The lowest BCUT2D eigenvalue weighted by molar-refractivity contribution is -0.138. The van der Waals surface area contributed by atoms with Gasteiger partial charge in [-0.1, -0.05) is 0 Å². The van der Waals surface area contributed by atoms with Crippen LogP contribution in [-0.2, 0) is 11.3 Å². The molecule has 1 rings (SSSR count). The van der Waals surface area contributed by atoms with E-state index in [-0.39, 0.29) is 5.69 Å². The summed E-state index contributed by atoms with van der Waals surface area (Å²) in [6.45, 7) is -0.653. The van der Waals surface area contributed by atoms with Gasteiger partial charge in [-0.2, -0.15) is 5.10 Å². The average Bonchev–Trinajstić information content (AvgIpc) is 2.07. The summed E-state index contributed by atoms with van der Waals surface area (Å²) in [5.41, 5.74) is -1.02. The van der Waals surface area contributed by atoms with Crippen LogP contribution in [0, 0.1) is 0 Å². The molecule has 0 amide bonds. The minimum absolute atomic E-state index is 0.370. The van der Waals surface area contributed by atoms with E-state index >= 15 is 0 Å². The number of rotatable bonds is 3. The number of carboxylic acids is 2. The molecule has 0 unspecified atom stereocenters. The Bertz CT molecular complexity index is 436. The fourth-order valence-electron chi connectivity index (χ4n) is 0.804. The highest BCUT2D eigenvalue weighted by atomic mass is 16.4. The maximum Gasteiger partial charge on any atom is 0.356 e. The molecule has 1 heterocycles. The van der Waals surface area contributed by atoms with Gasteiger partial charge in [-0.25, -0.2) is 9.48 Å². The molecule has 1 aromatic heterocycles. The van der Waals surface area contributed by atoms with E-state index in [1.165, 1.54) is 0 Å².